The van der Waals surface area contributed by atoms with Crippen LogP contribution in [0, 0.1) is 0 Å². The standard InChI is InChI=1S/C15H27F3N2/c1-3-14(4-2)11-19-13(7-5-6-8-13)12-20(14)10-9-15(16,17)18/h19H,3-12H2,1-2H3. The number of hydrogen-bond acceptors (Lipinski definition) is 2. The van der Waals surface area contributed by atoms with Gasteiger partial charge in [-0.1, -0.05) is 26.7 Å². The van der Waals surface area contributed by atoms with Crippen LogP contribution in [-0.2, 0) is 0 Å². The largest absolute Gasteiger partial charge is 0.390 e. The number of alkyl halides is 3. The molecule has 1 heterocycles. The maximum atomic E-state index is 12.6. The number of piperazine rings is 1. The quantitative estimate of drug-likeness (QED) is 0.849. The van der Waals surface area contributed by atoms with Gasteiger partial charge in [0, 0.05) is 30.7 Å². The van der Waals surface area contributed by atoms with Crippen molar-refractivity contribution in [3.8, 4) is 0 Å². The van der Waals surface area contributed by atoms with E-state index >= 15 is 0 Å². The summed E-state index contributed by atoms with van der Waals surface area (Å²) < 4.78 is 37.8. The molecule has 1 N–H and O–H groups in total. The number of nitrogens with zero attached hydrogens (tertiary/aromatic N) is 1. The fourth-order valence-corrected chi connectivity index (χ4v) is 3.96. The Morgan fingerprint density at radius 3 is 2.20 bits per heavy atom. The lowest BCUT2D eigenvalue weighted by Crippen LogP contribution is -2.69. The molecular weight excluding hydrogens is 265 g/mol. The number of hydrogen-bond donors (Lipinski definition) is 1. The Morgan fingerprint density at radius 2 is 1.70 bits per heavy atom. The molecule has 2 nitrogen and oxygen atoms in total. The van der Waals surface area contributed by atoms with Gasteiger partial charge in [0.25, 0.3) is 0 Å². The van der Waals surface area contributed by atoms with Crippen molar-refractivity contribution in [2.45, 2.75) is 76.0 Å². The highest BCUT2D eigenvalue weighted by molar-refractivity contribution is 5.06. The second kappa shape index (κ2) is 5.84. The molecule has 118 valence electrons. The molecule has 1 saturated heterocycles. The molecule has 2 fully saturated rings. The molecule has 2 aliphatic rings. The summed E-state index contributed by atoms with van der Waals surface area (Å²) in [5.41, 5.74) is -0.0153. The van der Waals surface area contributed by atoms with Gasteiger partial charge in [0.05, 0.1) is 6.42 Å². The van der Waals surface area contributed by atoms with Crippen LogP contribution in [0.1, 0.15) is 58.8 Å². The second-order valence-corrected chi connectivity index (χ2v) is 6.56. The lowest BCUT2D eigenvalue weighted by Gasteiger charge is -2.54. The summed E-state index contributed by atoms with van der Waals surface area (Å²) in [6.07, 6.45) is 1.69. The number of nitrogens with one attached hydrogen (secondary N) is 1. The Bertz CT molecular complexity index is 318. The molecule has 0 atom stereocenters. The van der Waals surface area contributed by atoms with E-state index in [-0.39, 0.29) is 17.6 Å². The molecule has 1 aliphatic carbocycles. The zero-order chi connectivity index (χ0) is 14.9. The maximum Gasteiger partial charge on any atom is 0.390 e. The molecule has 1 spiro atoms. The predicted molar refractivity (Wildman–Crippen MR) is 74.8 cm³/mol. The van der Waals surface area contributed by atoms with Crippen molar-refractivity contribution in [2.24, 2.45) is 0 Å². The summed E-state index contributed by atoms with van der Waals surface area (Å²) in [6, 6.07) is 0. The molecule has 0 radical (unpaired) electrons. The van der Waals surface area contributed by atoms with Gasteiger partial charge >= 0.3 is 6.18 Å². The van der Waals surface area contributed by atoms with E-state index in [0.29, 0.717) is 0 Å². The van der Waals surface area contributed by atoms with Crippen LogP contribution >= 0.6 is 0 Å². The normalized spacial score (nSPS) is 26.2. The van der Waals surface area contributed by atoms with Gasteiger partial charge in [0.15, 0.2) is 0 Å². The lowest BCUT2D eigenvalue weighted by molar-refractivity contribution is -0.144. The van der Waals surface area contributed by atoms with Crippen LogP contribution in [0.15, 0.2) is 0 Å². The van der Waals surface area contributed by atoms with E-state index in [4.69, 9.17) is 0 Å². The minimum Gasteiger partial charge on any atom is -0.308 e. The van der Waals surface area contributed by atoms with Gasteiger partial charge in [-0.05, 0) is 25.7 Å². The third-order valence-corrected chi connectivity index (χ3v) is 5.50. The Morgan fingerprint density at radius 1 is 1.10 bits per heavy atom. The van der Waals surface area contributed by atoms with E-state index in [2.05, 4.69) is 24.1 Å². The van der Waals surface area contributed by atoms with Crippen LogP contribution in [0.2, 0.25) is 0 Å². The molecule has 0 unspecified atom stereocenters. The summed E-state index contributed by atoms with van der Waals surface area (Å²) in [4.78, 5) is 2.14. The average Bonchev–Trinajstić information content (AvgIpc) is 2.85. The Hall–Kier alpha value is -0.290. The highest BCUT2D eigenvalue weighted by Gasteiger charge is 2.47. The second-order valence-electron chi connectivity index (χ2n) is 6.56. The molecule has 0 aromatic rings. The molecule has 1 aliphatic heterocycles. The van der Waals surface area contributed by atoms with Gasteiger partial charge < -0.3 is 5.32 Å². The van der Waals surface area contributed by atoms with Crippen molar-refractivity contribution in [3.63, 3.8) is 0 Å². The van der Waals surface area contributed by atoms with Crippen molar-refractivity contribution in [1.82, 2.24) is 10.2 Å². The van der Waals surface area contributed by atoms with Gasteiger partial charge in [-0.15, -0.1) is 0 Å². The zero-order valence-electron chi connectivity index (χ0n) is 12.7. The van der Waals surface area contributed by atoms with E-state index in [1.165, 1.54) is 12.8 Å². The van der Waals surface area contributed by atoms with Crippen LogP contribution in [0.4, 0.5) is 13.2 Å². The molecule has 1 saturated carbocycles. The SMILES string of the molecule is CCC1(CC)CNC2(CCCC2)CN1CCC(F)(F)F. The number of halogens is 3. The third kappa shape index (κ3) is 3.30. The molecule has 2 rings (SSSR count). The van der Waals surface area contributed by atoms with Crippen LogP contribution in [0.25, 0.3) is 0 Å². The third-order valence-electron chi connectivity index (χ3n) is 5.50. The molecule has 5 heteroatoms. The summed E-state index contributed by atoms with van der Waals surface area (Å²) in [5.74, 6) is 0. The maximum absolute atomic E-state index is 12.6. The summed E-state index contributed by atoms with van der Waals surface area (Å²) in [7, 11) is 0. The van der Waals surface area contributed by atoms with Gasteiger partial charge in [0.2, 0.25) is 0 Å². The Labute approximate surface area is 120 Å². The molecule has 0 bridgehead atoms. The van der Waals surface area contributed by atoms with Gasteiger partial charge in [-0.3, -0.25) is 4.90 Å². The molecular formula is C15H27F3N2. The molecule has 0 aromatic carbocycles. The molecule has 0 aromatic heterocycles. The summed E-state index contributed by atoms with van der Waals surface area (Å²) >= 11 is 0. The van der Waals surface area contributed by atoms with Crippen molar-refractivity contribution >= 4 is 0 Å². The van der Waals surface area contributed by atoms with E-state index in [1.807, 2.05) is 0 Å². The lowest BCUT2D eigenvalue weighted by atomic mass is 9.82. The van der Waals surface area contributed by atoms with Crippen LogP contribution in [0.3, 0.4) is 0 Å². The van der Waals surface area contributed by atoms with E-state index in [9.17, 15) is 13.2 Å². The van der Waals surface area contributed by atoms with Crippen molar-refractivity contribution in [2.75, 3.05) is 19.6 Å². The van der Waals surface area contributed by atoms with Crippen molar-refractivity contribution in [3.05, 3.63) is 0 Å². The van der Waals surface area contributed by atoms with E-state index in [0.717, 1.165) is 38.8 Å². The minimum atomic E-state index is -4.05. The monoisotopic (exact) mass is 292 g/mol. The summed E-state index contributed by atoms with van der Waals surface area (Å²) in [5, 5.41) is 3.69. The fraction of sp³-hybridized carbons (Fsp3) is 1.00. The predicted octanol–water partition coefficient (Wildman–Crippen LogP) is 3.72. The van der Waals surface area contributed by atoms with Crippen molar-refractivity contribution in [1.29, 1.82) is 0 Å². The minimum absolute atomic E-state index is 0.0828. The van der Waals surface area contributed by atoms with Gasteiger partial charge in [-0.2, -0.15) is 13.2 Å². The Balaban J connectivity index is 2.10. The van der Waals surface area contributed by atoms with E-state index < -0.39 is 12.6 Å². The summed E-state index contributed by atoms with van der Waals surface area (Å²) in [6.45, 7) is 5.95. The fourth-order valence-electron chi connectivity index (χ4n) is 3.96. The van der Waals surface area contributed by atoms with Gasteiger partial charge in [0.1, 0.15) is 0 Å². The number of rotatable bonds is 4. The van der Waals surface area contributed by atoms with Crippen LogP contribution in [0.5, 0.6) is 0 Å². The molecule has 0 amide bonds. The first-order chi connectivity index (χ1) is 9.35. The average molecular weight is 292 g/mol. The first kappa shape index (κ1) is 16.1. The topological polar surface area (TPSA) is 15.3 Å². The smallest absolute Gasteiger partial charge is 0.308 e. The first-order valence-corrected chi connectivity index (χ1v) is 7.92. The highest BCUT2D eigenvalue weighted by Crippen LogP contribution is 2.38. The highest BCUT2D eigenvalue weighted by atomic mass is 19.4. The zero-order valence-corrected chi connectivity index (χ0v) is 12.7. The van der Waals surface area contributed by atoms with E-state index in [1.54, 1.807) is 0 Å². The molecule has 20 heavy (non-hydrogen) atoms. The van der Waals surface area contributed by atoms with Gasteiger partial charge in [-0.25, -0.2) is 0 Å². The van der Waals surface area contributed by atoms with Crippen LogP contribution in [-0.4, -0.2) is 41.8 Å². The van der Waals surface area contributed by atoms with Crippen molar-refractivity contribution < 1.29 is 13.2 Å². The first-order valence-electron chi connectivity index (χ1n) is 7.92. The Kier molecular flexibility index (Phi) is 4.69. The van der Waals surface area contributed by atoms with Crippen LogP contribution < -0.4 is 5.32 Å².